The number of hydrogen-bond donors (Lipinski definition) is 5. The van der Waals surface area contributed by atoms with E-state index in [0.717, 1.165) is 5.69 Å². The zero-order valence-electron chi connectivity index (χ0n) is 20.4. The quantitative estimate of drug-likeness (QED) is 0.384. The van der Waals surface area contributed by atoms with Gasteiger partial charge in [-0.15, -0.1) is 0 Å². The molecule has 188 valence electrons. The summed E-state index contributed by atoms with van der Waals surface area (Å²) < 4.78 is 0. The summed E-state index contributed by atoms with van der Waals surface area (Å²) in [5.74, 6) is -6.43. The molecule has 1 aromatic rings. The summed E-state index contributed by atoms with van der Waals surface area (Å²) in [7, 11) is 6.82. The molecule has 1 amide bonds. The first-order chi connectivity index (χ1) is 16.3. The standard InChI is InChI=1S/C25H31N3O7/c1-6-10-9-14(27(2)3)12-7-11-8-13-18(28(4)5)21(31)17(24(26)34)23(33)25(13,35)22(32)15(11)20(30)16(12)19(10)29/h9,11,13,18,29-30,33,35H,6-8H2,1-5H3,(H2,26,34)/t11-,13-,18-,25-/m1/s1. The lowest BCUT2D eigenvalue weighted by Crippen LogP contribution is -2.65. The van der Waals surface area contributed by atoms with Crippen molar-refractivity contribution in [3.05, 3.63) is 39.7 Å². The van der Waals surface area contributed by atoms with Crippen molar-refractivity contribution in [2.24, 2.45) is 17.6 Å². The van der Waals surface area contributed by atoms with Gasteiger partial charge in [-0.25, -0.2) is 0 Å². The Morgan fingerprint density at radius 2 is 1.80 bits per heavy atom. The first-order valence-electron chi connectivity index (χ1n) is 11.5. The summed E-state index contributed by atoms with van der Waals surface area (Å²) in [5.41, 5.74) is 3.85. The number of aromatic hydroxyl groups is 1. The molecule has 3 aliphatic rings. The molecule has 0 aliphatic heterocycles. The number of hydrogen-bond acceptors (Lipinski definition) is 9. The Labute approximate surface area is 202 Å². The number of aliphatic hydroxyl groups is 3. The van der Waals surface area contributed by atoms with Crippen molar-refractivity contribution in [2.75, 3.05) is 33.1 Å². The second-order valence-corrected chi connectivity index (χ2v) is 9.97. The predicted molar refractivity (Wildman–Crippen MR) is 128 cm³/mol. The summed E-state index contributed by atoms with van der Waals surface area (Å²) in [6.45, 7) is 1.85. The molecule has 6 N–H and O–H groups in total. The molecule has 4 rings (SSSR count). The van der Waals surface area contributed by atoms with E-state index in [1.807, 2.05) is 32.0 Å². The van der Waals surface area contributed by atoms with Crippen molar-refractivity contribution in [3.63, 3.8) is 0 Å². The van der Waals surface area contributed by atoms with Gasteiger partial charge in [-0.05, 0) is 56.5 Å². The molecular weight excluding hydrogens is 454 g/mol. The van der Waals surface area contributed by atoms with E-state index in [0.29, 0.717) is 17.5 Å². The van der Waals surface area contributed by atoms with E-state index in [4.69, 9.17) is 5.73 Å². The molecule has 0 unspecified atom stereocenters. The number of fused-ring (bicyclic) bond motifs is 3. The van der Waals surface area contributed by atoms with Crippen molar-refractivity contribution in [1.82, 2.24) is 4.90 Å². The van der Waals surface area contributed by atoms with Crippen LogP contribution in [-0.2, 0) is 27.2 Å². The van der Waals surface area contributed by atoms with E-state index >= 15 is 0 Å². The maximum absolute atomic E-state index is 13.8. The van der Waals surface area contributed by atoms with Gasteiger partial charge in [0.05, 0.1) is 11.6 Å². The van der Waals surface area contributed by atoms with E-state index in [9.17, 15) is 34.8 Å². The van der Waals surface area contributed by atoms with Crippen LogP contribution in [0.25, 0.3) is 5.76 Å². The third-order valence-electron chi connectivity index (χ3n) is 7.64. The Bertz CT molecular complexity index is 1230. The zero-order valence-corrected chi connectivity index (χ0v) is 20.4. The number of primary amides is 1. The van der Waals surface area contributed by atoms with Gasteiger partial charge in [0.25, 0.3) is 5.91 Å². The molecule has 10 heteroatoms. The Hall–Kier alpha value is -3.37. The molecule has 0 saturated heterocycles. The fraction of sp³-hybridized carbons (Fsp3) is 0.480. The molecule has 35 heavy (non-hydrogen) atoms. The fourth-order valence-electron chi connectivity index (χ4n) is 6.01. The Morgan fingerprint density at radius 1 is 1.17 bits per heavy atom. The Kier molecular flexibility index (Phi) is 5.72. The molecule has 0 heterocycles. The van der Waals surface area contributed by atoms with Gasteiger partial charge in [-0.1, -0.05) is 6.92 Å². The Morgan fingerprint density at radius 3 is 2.31 bits per heavy atom. The topological polar surface area (TPSA) is 165 Å². The molecule has 0 spiro atoms. The van der Waals surface area contributed by atoms with Gasteiger partial charge in [0, 0.05) is 31.3 Å². The molecule has 3 aliphatic carbocycles. The molecule has 1 fully saturated rings. The van der Waals surface area contributed by atoms with E-state index in [2.05, 4.69) is 0 Å². The summed E-state index contributed by atoms with van der Waals surface area (Å²) in [6.07, 6.45) is 0.804. The third-order valence-corrected chi connectivity index (χ3v) is 7.64. The molecule has 0 bridgehead atoms. The van der Waals surface area contributed by atoms with Gasteiger partial charge >= 0.3 is 0 Å². The van der Waals surface area contributed by atoms with Gasteiger partial charge in [0.15, 0.2) is 11.4 Å². The van der Waals surface area contributed by atoms with E-state index in [1.54, 1.807) is 14.1 Å². The maximum Gasteiger partial charge on any atom is 0.255 e. The number of ketones is 2. The van der Waals surface area contributed by atoms with Crippen molar-refractivity contribution in [2.45, 2.75) is 37.8 Å². The highest BCUT2D eigenvalue weighted by Gasteiger charge is 2.64. The van der Waals surface area contributed by atoms with Crippen LogP contribution in [0.3, 0.4) is 0 Å². The van der Waals surface area contributed by atoms with E-state index < -0.39 is 58.0 Å². The number of carbonyl (C=O) groups is 3. The minimum Gasteiger partial charge on any atom is -0.508 e. The lowest BCUT2D eigenvalue weighted by molar-refractivity contribution is -0.153. The number of rotatable bonds is 4. The van der Waals surface area contributed by atoms with Crippen LogP contribution in [0.15, 0.2) is 23.0 Å². The minimum atomic E-state index is -2.63. The largest absolute Gasteiger partial charge is 0.508 e. The number of benzene rings is 1. The van der Waals surface area contributed by atoms with Crippen LogP contribution in [0.4, 0.5) is 5.69 Å². The average Bonchev–Trinajstić information content (AvgIpc) is 2.75. The first kappa shape index (κ1) is 24.7. The van der Waals surface area contributed by atoms with Crippen LogP contribution in [0, 0.1) is 11.8 Å². The predicted octanol–water partition coefficient (Wildman–Crippen LogP) is 0.592. The number of aryl methyl sites for hydroxylation is 1. The van der Waals surface area contributed by atoms with Crippen LogP contribution in [-0.4, -0.2) is 82.6 Å². The summed E-state index contributed by atoms with van der Waals surface area (Å²) in [5, 5.41) is 44.8. The number of carbonyl (C=O) groups excluding carboxylic acids is 3. The third kappa shape index (κ3) is 3.20. The minimum absolute atomic E-state index is 0.0644. The van der Waals surface area contributed by atoms with Crippen LogP contribution in [0.5, 0.6) is 5.75 Å². The maximum atomic E-state index is 13.8. The zero-order chi connectivity index (χ0) is 26.1. The highest BCUT2D eigenvalue weighted by Crippen LogP contribution is 2.54. The lowest BCUT2D eigenvalue weighted by atomic mass is 9.57. The fourth-order valence-corrected chi connectivity index (χ4v) is 6.01. The van der Waals surface area contributed by atoms with Crippen molar-refractivity contribution < 1.29 is 34.8 Å². The van der Waals surface area contributed by atoms with Gasteiger partial charge in [-0.3, -0.25) is 19.3 Å². The van der Waals surface area contributed by atoms with E-state index in [1.165, 1.54) is 4.90 Å². The molecule has 0 aromatic heterocycles. The van der Waals surface area contributed by atoms with Gasteiger partial charge in [0.1, 0.15) is 22.8 Å². The number of phenols is 1. The number of phenolic OH excluding ortho intramolecular Hbond substituents is 1. The molecule has 10 nitrogen and oxygen atoms in total. The average molecular weight is 486 g/mol. The monoisotopic (exact) mass is 485 g/mol. The number of Topliss-reactive ketones (excluding diaryl/α,β-unsaturated/α-hetero) is 2. The van der Waals surface area contributed by atoms with Crippen molar-refractivity contribution in [3.8, 4) is 5.75 Å². The number of anilines is 1. The van der Waals surface area contributed by atoms with Crippen LogP contribution >= 0.6 is 0 Å². The highest BCUT2D eigenvalue weighted by atomic mass is 16.3. The second-order valence-electron chi connectivity index (χ2n) is 9.97. The summed E-state index contributed by atoms with van der Waals surface area (Å²) in [4.78, 5) is 42.3. The van der Waals surface area contributed by atoms with E-state index in [-0.39, 0.29) is 29.7 Å². The molecule has 4 atom stereocenters. The van der Waals surface area contributed by atoms with Crippen molar-refractivity contribution in [1.29, 1.82) is 0 Å². The normalized spacial score (nSPS) is 28.1. The summed E-state index contributed by atoms with van der Waals surface area (Å²) in [6, 6.07) is 0.741. The van der Waals surface area contributed by atoms with Crippen LogP contribution in [0.1, 0.15) is 30.0 Å². The van der Waals surface area contributed by atoms with Gasteiger partial charge in [0.2, 0.25) is 5.78 Å². The molecule has 1 saturated carbocycles. The SMILES string of the molecule is CCc1cc(N(C)C)c2c(c1O)C(O)=C1C(=O)[C@@]3(O)C(O)=C(C(N)=O)C(=O)[C@H](N(C)C)[C@H]3C[C@H]1C2. The van der Waals surface area contributed by atoms with Crippen LogP contribution in [0.2, 0.25) is 0 Å². The number of nitrogens with two attached hydrogens (primary N) is 1. The number of amides is 1. The first-order valence-corrected chi connectivity index (χ1v) is 11.5. The van der Waals surface area contributed by atoms with Gasteiger partial charge in [-0.2, -0.15) is 0 Å². The van der Waals surface area contributed by atoms with Crippen molar-refractivity contribution >= 4 is 28.9 Å². The van der Waals surface area contributed by atoms with Crippen LogP contribution < -0.4 is 10.6 Å². The Balaban J connectivity index is 2.01. The smallest absolute Gasteiger partial charge is 0.255 e. The highest BCUT2D eigenvalue weighted by molar-refractivity contribution is 6.24. The lowest BCUT2D eigenvalue weighted by Gasteiger charge is -2.50. The molecule has 1 aromatic carbocycles. The molecular formula is C25H31N3O7. The number of nitrogens with zero attached hydrogens (tertiary/aromatic N) is 2. The number of likely N-dealkylation sites (N-methyl/N-ethyl adjacent to an activating group) is 1. The summed E-state index contributed by atoms with van der Waals surface area (Å²) >= 11 is 0. The molecule has 0 radical (unpaired) electrons. The number of aliphatic hydroxyl groups excluding tert-OH is 2. The second kappa shape index (κ2) is 8.10. The van der Waals surface area contributed by atoms with Gasteiger partial charge < -0.3 is 31.1 Å².